The number of ketones is 1. The molecule has 0 N–H and O–H groups in total. The molecule has 0 aliphatic heterocycles. The molecule has 0 bridgehead atoms. The number of hydrogen-bond donors (Lipinski definition) is 0. The lowest BCUT2D eigenvalue weighted by Gasteiger charge is -2.14. The second-order valence-corrected chi connectivity index (χ2v) is 4.75. The van der Waals surface area contributed by atoms with Crippen LogP contribution in [0.2, 0.25) is 0 Å². The molecule has 20 heavy (non-hydrogen) atoms. The van der Waals surface area contributed by atoms with Gasteiger partial charge < -0.3 is 0 Å². The smallest absolute Gasteiger partial charge is 0.297 e. The molecule has 6 nitrogen and oxygen atoms in total. The minimum Gasteiger partial charge on any atom is -0.297 e. The largest absolute Gasteiger partial charge is 0.445 e. The van der Waals surface area contributed by atoms with E-state index in [1.807, 2.05) is 13.8 Å². The van der Waals surface area contributed by atoms with E-state index in [1.54, 1.807) is 13.0 Å². The van der Waals surface area contributed by atoms with Crippen LogP contribution in [0.1, 0.15) is 20.8 Å². The monoisotopic (exact) mass is 273 g/mol. The first-order valence-electron chi connectivity index (χ1n) is 6.21. The molecule has 1 aromatic heterocycles. The summed E-state index contributed by atoms with van der Waals surface area (Å²) in [6.07, 6.45) is 6.76. The SMILES string of the molecule is CC1=CC(=O)C(C(C)C)=C/C1=N/OC(=O)n1ccnc1. The van der Waals surface area contributed by atoms with Crippen LogP contribution in [0.3, 0.4) is 0 Å². The van der Waals surface area contributed by atoms with Gasteiger partial charge in [-0.25, -0.2) is 14.3 Å². The Morgan fingerprint density at radius 2 is 2.15 bits per heavy atom. The Morgan fingerprint density at radius 1 is 1.40 bits per heavy atom. The van der Waals surface area contributed by atoms with E-state index in [-0.39, 0.29) is 11.7 Å². The molecule has 0 atom stereocenters. The van der Waals surface area contributed by atoms with E-state index in [0.717, 1.165) is 0 Å². The number of carbonyl (C=O) groups is 2. The molecule has 0 spiro atoms. The van der Waals surface area contributed by atoms with Crippen molar-refractivity contribution in [2.75, 3.05) is 0 Å². The van der Waals surface area contributed by atoms with Crippen molar-refractivity contribution in [3.8, 4) is 0 Å². The maximum atomic E-state index is 11.8. The van der Waals surface area contributed by atoms with Crippen molar-refractivity contribution in [3.05, 3.63) is 42.0 Å². The average molecular weight is 273 g/mol. The maximum Gasteiger partial charge on any atom is 0.445 e. The van der Waals surface area contributed by atoms with Gasteiger partial charge in [-0.15, -0.1) is 0 Å². The van der Waals surface area contributed by atoms with Gasteiger partial charge in [0.15, 0.2) is 5.78 Å². The van der Waals surface area contributed by atoms with Crippen LogP contribution >= 0.6 is 0 Å². The predicted octanol–water partition coefficient (Wildman–Crippen LogP) is 2.34. The Bertz CT molecular complexity index is 622. The summed E-state index contributed by atoms with van der Waals surface area (Å²) in [6, 6.07) is 0. The van der Waals surface area contributed by atoms with Crippen molar-refractivity contribution in [1.82, 2.24) is 9.55 Å². The average Bonchev–Trinajstić information content (AvgIpc) is 2.90. The number of rotatable bonds is 2. The number of hydrogen-bond acceptors (Lipinski definition) is 5. The van der Waals surface area contributed by atoms with Gasteiger partial charge in [0, 0.05) is 18.0 Å². The summed E-state index contributed by atoms with van der Waals surface area (Å²) in [7, 11) is 0. The fraction of sp³-hybridized carbons (Fsp3) is 0.286. The van der Waals surface area contributed by atoms with E-state index in [9.17, 15) is 9.59 Å². The zero-order valence-corrected chi connectivity index (χ0v) is 11.5. The summed E-state index contributed by atoms with van der Waals surface area (Å²) in [6.45, 7) is 5.59. The van der Waals surface area contributed by atoms with Crippen LogP contribution in [-0.4, -0.2) is 27.1 Å². The second kappa shape index (κ2) is 5.64. The third-order valence-corrected chi connectivity index (χ3v) is 2.89. The van der Waals surface area contributed by atoms with Gasteiger partial charge in [0.2, 0.25) is 0 Å². The van der Waals surface area contributed by atoms with Crippen LogP contribution < -0.4 is 0 Å². The number of carbonyl (C=O) groups excluding carboxylic acids is 2. The molecule has 1 aliphatic rings. The van der Waals surface area contributed by atoms with Crippen molar-refractivity contribution >= 4 is 17.6 Å². The highest BCUT2D eigenvalue weighted by Gasteiger charge is 2.19. The molecule has 6 heteroatoms. The lowest BCUT2D eigenvalue weighted by molar-refractivity contribution is -0.111. The van der Waals surface area contributed by atoms with Gasteiger partial charge in [0.1, 0.15) is 12.0 Å². The Labute approximate surface area is 116 Å². The zero-order chi connectivity index (χ0) is 14.7. The fourth-order valence-electron chi connectivity index (χ4n) is 1.74. The number of aromatic nitrogens is 2. The molecule has 0 saturated heterocycles. The highest BCUT2D eigenvalue weighted by atomic mass is 16.7. The van der Waals surface area contributed by atoms with E-state index < -0.39 is 6.09 Å². The third-order valence-electron chi connectivity index (χ3n) is 2.89. The Balaban J connectivity index is 2.18. The van der Waals surface area contributed by atoms with Crippen LogP contribution in [0.25, 0.3) is 0 Å². The van der Waals surface area contributed by atoms with E-state index in [1.165, 1.54) is 29.4 Å². The van der Waals surface area contributed by atoms with Crippen LogP contribution in [0.4, 0.5) is 4.79 Å². The normalized spacial score (nSPS) is 17.2. The summed E-state index contributed by atoms with van der Waals surface area (Å²) in [5.41, 5.74) is 1.78. The van der Waals surface area contributed by atoms with Crippen LogP contribution in [0, 0.1) is 5.92 Å². The van der Waals surface area contributed by atoms with Gasteiger partial charge in [-0.2, -0.15) is 0 Å². The standard InChI is InChI=1S/C14H15N3O3/c1-9(2)11-7-12(10(3)6-13(11)18)16-20-14(19)17-5-4-15-8-17/h4-9H,1-3H3/b16-12-. The molecule has 0 amide bonds. The summed E-state index contributed by atoms with van der Waals surface area (Å²) in [5, 5.41) is 3.81. The quantitative estimate of drug-likeness (QED) is 0.471. The van der Waals surface area contributed by atoms with Crippen molar-refractivity contribution in [2.45, 2.75) is 20.8 Å². The summed E-state index contributed by atoms with van der Waals surface area (Å²) in [4.78, 5) is 32.0. The number of oxime groups is 1. The van der Waals surface area contributed by atoms with Crippen molar-refractivity contribution in [3.63, 3.8) is 0 Å². The molecule has 0 aromatic carbocycles. The van der Waals surface area contributed by atoms with Gasteiger partial charge in [0.25, 0.3) is 0 Å². The van der Waals surface area contributed by atoms with E-state index >= 15 is 0 Å². The summed E-state index contributed by atoms with van der Waals surface area (Å²) in [5.74, 6) is 0.0544. The molecule has 0 fully saturated rings. The van der Waals surface area contributed by atoms with Crippen molar-refractivity contribution in [1.29, 1.82) is 0 Å². The summed E-state index contributed by atoms with van der Waals surface area (Å²) >= 11 is 0. The maximum absolute atomic E-state index is 11.8. The van der Waals surface area contributed by atoms with Gasteiger partial charge >= 0.3 is 6.09 Å². The first-order chi connectivity index (χ1) is 9.49. The molecular formula is C14H15N3O3. The molecule has 104 valence electrons. The topological polar surface area (TPSA) is 73.5 Å². The lowest BCUT2D eigenvalue weighted by Crippen LogP contribution is -2.17. The number of nitrogens with zero attached hydrogens (tertiary/aromatic N) is 3. The Hall–Kier alpha value is -2.50. The number of allylic oxidation sites excluding steroid dienone is 4. The second-order valence-electron chi connectivity index (χ2n) is 4.75. The first kappa shape index (κ1) is 13.9. The molecule has 1 heterocycles. The van der Waals surface area contributed by atoms with Crippen LogP contribution in [0.5, 0.6) is 0 Å². The Morgan fingerprint density at radius 3 is 2.75 bits per heavy atom. The minimum absolute atomic E-state index is 0.0302. The lowest BCUT2D eigenvalue weighted by atomic mass is 9.90. The molecule has 2 rings (SSSR count). The van der Waals surface area contributed by atoms with Crippen molar-refractivity contribution in [2.24, 2.45) is 11.1 Å². The van der Waals surface area contributed by atoms with Gasteiger partial charge in [-0.1, -0.05) is 19.0 Å². The van der Waals surface area contributed by atoms with Crippen LogP contribution in [0.15, 0.2) is 47.2 Å². The summed E-state index contributed by atoms with van der Waals surface area (Å²) < 4.78 is 1.17. The molecule has 1 aliphatic carbocycles. The number of imidazole rings is 1. The molecule has 1 aromatic rings. The van der Waals surface area contributed by atoms with Crippen LogP contribution in [-0.2, 0) is 9.63 Å². The van der Waals surface area contributed by atoms with E-state index in [0.29, 0.717) is 16.9 Å². The van der Waals surface area contributed by atoms with Gasteiger partial charge in [0.05, 0.1) is 0 Å². The van der Waals surface area contributed by atoms with Gasteiger partial charge in [-0.05, 0) is 30.6 Å². The van der Waals surface area contributed by atoms with Gasteiger partial charge in [-0.3, -0.25) is 9.63 Å². The van der Waals surface area contributed by atoms with E-state index in [2.05, 4.69) is 10.1 Å². The minimum atomic E-state index is -0.654. The third kappa shape index (κ3) is 2.90. The van der Waals surface area contributed by atoms with E-state index in [4.69, 9.17) is 4.84 Å². The molecule has 0 unspecified atom stereocenters. The highest BCUT2D eigenvalue weighted by Crippen LogP contribution is 2.19. The zero-order valence-electron chi connectivity index (χ0n) is 11.5. The predicted molar refractivity (Wildman–Crippen MR) is 73.2 cm³/mol. The fourth-order valence-corrected chi connectivity index (χ4v) is 1.74. The molecule has 0 saturated carbocycles. The molecular weight excluding hydrogens is 258 g/mol. The first-order valence-corrected chi connectivity index (χ1v) is 6.21. The highest BCUT2D eigenvalue weighted by molar-refractivity contribution is 6.21. The Kier molecular flexibility index (Phi) is 3.93. The van der Waals surface area contributed by atoms with Crippen molar-refractivity contribution < 1.29 is 14.4 Å². The molecule has 0 radical (unpaired) electrons.